The van der Waals surface area contributed by atoms with Crippen LogP contribution in [0.2, 0.25) is 0 Å². The van der Waals surface area contributed by atoms with E-state index in [0.29, 0.717) is 6.04 Å². The van der Waals surface area contributed by atoms with Gasteiger partial charge in [-0.25, -0.2) is 0 Å². The van der Waals surface area contributed by atoms with E-state index < -0.39 is 0 Å². The number of halogens is 1. The molecule has 0 saturated carbocycles. The molecule has 2 atom stereocenters. The van der Waals surface area contributed by atoms with Crippen molar-refractivity contribution >= 4 is 29.9 Å². The Morgan fingerprint density at radius 1 is 1.44 bits per heavy atom. The molecule has 1 aromatic heterocycles. The van der Waals surface area contributed by atoms with Crippen LogP contribution in [-0.2, 0) is 17.7 Å². The molecule has 0 bridgehead atoms. The van der Waals surface area contributed by atoms with Gasteiger partial charge in [-0.3, -0.25) is 9.89 Å². The highest BCUT2D eigenvalue weighted by Gasteiger charge is 2.32. The molecule has 2 aliphatic heterocycles. The zero-order valence-corrected chi connectivity index (χ0v) is 17.5. The summed E-state index contributed by atoms with van der Waals surface area (Å²) in [6.07, 6.45) is 5.50. The molecule has 8 nitrogen and oxygen atoms in total. The predicted molar refractivity (Wildman–Crippen MR) is 109 cm³/mol. The summed E-state index contributed by atoms with van der Waals surface area (Å²) in [4.78, 5) is 6.84. The Balaban J connectivity index is 0.00000225. The van der Waals surface area contributed by atoms with Crippen molar-refractivity contribution in [2.24, 2.45) is 4.99 Å². The van der Waals surface area contributed by atoms with Gasteiger partial charge in [-0.15, -0.1) is 34.2 Å². The van der Waals surface area contributed by atoms with Crippen LogP contribution in [0.4, 0.5) is 0 Å². The van der Waals surface area contributed by atoms with Gasteiger partial charge in [0.15, 0.2) is 5.96 Å². The molecule has 1 aromatic rings. The van der Waals surface area contributed by atoms with Gasteiger partial charge in [0.05, 0.1) is 12.7 Å². The lowest BCUT2D eigenvalue weighted by Crippen LogP contribution is -2.51. The quantitative estimate of drug-likeness (QED) is 0.363. The smallest absolute Gasteiger partial charge is 0.191 e. The molecule has 3 rings (SSSR count). The van der Waals surface area contributed by atoms with Crippen LogP contribution >= 0.6 is 24.0 Å². The molecular weight excluding hydrogens is 433 g/mol. The number of guanidine groups is 1. The summed E-state index contributed by atoms with van der Waals surface area (Å²) in [5.41, 5.74) is 0. The minimum Gasteiger partial charge on any atom is -0.373 e. The summed E-state index contributed by atoms with van der Waals surface area (Å²) in [6.45, 7) is 7.59. The van der Waals surface area contributed by atoms with E-state index in [0.717, 1.165) is 51.0 Å². The monoisotopic (exact) mass is 463 g/mol. The maximum atomic E-state index is 5.97. The van der Waals surface area contributed by atoms with E-state index in [9.17, 15) is 0 Å². The number of nitrogens with zero attached hydrogens (tertiary/aromatic N) is 5. The molecule has 25 heavy (non-hydrogen) atoms. The summed E-state index contributed by atoms with van der Waals surface area (Å²) in [5, 5.41) is 14.8. The largest absolute Gasteiger partial charge is 0.373 e. The fourth-order valence-electron chi connectivity index (χ4n) is 3.47. The van der Waals surface area contributed by atoms with E-state index in [1.165, 1.54) is 19.4 Å². The van der Waals surface area contributed by atoms with E-state index in [1.54, 1.807) is 13.4 Å². The highest BCUT2D eigenvalue weighted by Crippen LogP contribution is 2.22. The number of aromatic nitrogens is 3. The molecule has 2 saturated heterocycles. The van der Waals surface area contributed by atoms with Gasteiger partial charge in [-0.1, -0.05) is 6.92 Å². The number of aryl methyl sites for hydroxylation is 1. The topological polar surface area (TPSA) is 79.6 Å². The first-order chi connectivity index (χ1) is 11.8. The fourth-order valence-corrected chi connectivity index (χ4v) is 3.47. The lowest BCUT2D eigenvalue weighted by Gasteiger charge is -2.35. The van der Waals surface area contributed by atoms with Crippen molar-refractivity contribution in [3.8, 4) is 0 Å². The summed E-state index contributed by atoms with van der Waals surface area (Å²) < 4.78 is 8.04. The van der Waals surface area contributed by atoms with Gasteiger partial charge in [0, 0.05) is 45.7 Å². The number of hydrogen-bond acceptors (Lipinski definition) is 5. The molecule has 2 unspecified atom stereocenters. The minimum atomic E-state index is 0. The predicted octanol–water partition coefficient (Wildman–Crippen LogP) is 0.487. The average Bonchev–Trinajstić information content (AvgIpc) is 3.25. The van der Waals surface area contributed by atoms with Crippen LogP contribution in [-0.4, -0.2) is 77.6 Å². The van der Waals surface area contributed by atoms with E-state index in [-0.39, 0.29) is 30.1 Å². The van der Waals surface area contributed by atoms with E-state index in [2.05, 4.69) is 42.2 Å². The standard InChI is InChI=1S/C16H29N7O.HI/c1-3-15-21-20-12-23(15)8-6-18-16(17-2)19-9-14-10-22-7-4-5-13(22)11-24-14;/h12-14H,3-11H2,1-2H3,(H2,17,18,19);1H. The number of ether oxygens (including phenoxy) is 1. The zero-order chi connectivity index (χ0) is 16.8. The van der Waals surface area contributed by atoms with Crippen molar-refractivity contribution in [1.29, 1.82) is 0 Å². The molecular formula is C16H30IN7O. The highest BCUT2D eigenvalue weighted by atomic mass is 127. The maximum Gasteiger partial charge on any atom is 0.191 e. The van der Waals surface area contributed by atoms with Crippen LogP contribution in [0.3, 0.4) is 0 Å². The lowest BCUT2D eigenvalue weighted by atomic mass is 10.2. The minimum absolute atomic E-state index is 0. The lowest BCUT2D eigenvalue weighted by molar-refractivity contribution is -0.0453. The molecule has 0 radical (unpaired) electrons. The first-order valence-corrected chi connectivity index (χ1v) is 8.97. The molecule has 2 aliphatic rings. The number of rotatable bonds is 6. The van der Waals surface area contributed by atoms with Gasteiger partial charge in [0.25, 0.3) is 0 Å². The first kappa shape index (κ1) is 20.4. The second-order valence-electron chi connectivity index (χ2n) is 6.42. The summed E-state index contributed by atoms with van der Waals surface area (Å²) >= 11 is 0. The van der Waals surface area contributed by atoms with E-state index in [4.69, 9.17) is 4.74 Å². The normalized spacial score (nSPS) is 23.8. The fraction of sp³-hybridized carbons (Fsp3) is 0.812. The zero-order valence-electron chi connectivity index (χ0n) is 15.1. The SMILES string of the molecule is CCc1nncn1CCNC(=NC)NCC1CN2CCCC2CO1.I. The van der Waals surface area contributed by atoms with E-state index in [1.807, 2.05) is 0 Å². The van der Waals surface area contributed by atoms with Crippen molar-refractivity contribution in [2.75, 3.05) is 39.8 Å². The molecule has 2 fully saturated rings. The molecule has 142 valence electrons. The van der Waals surface area contributed by atoms with Crippen LogP contribution < -0.4 is 10.6 Å². The third kappa shape index (κ3) is 5.52. The van der Waals surface area contributed by atoms with Crippen molar-refractivity contribution in [3.63, 3.8) is 0 Å². The molecule has 3 heterocycles. The second-order valence-corrected chi connectivity index (χ2v) is 6.42. The average molecular weight is 463 g/mol. The Kier molecular flexibility index (Phi) is 8.37. The van der Waals surface area contributed by atoms with Crippen LogP contribution in [0, 0.1) is 0 Å². The number of morpholine rings is 1. The summed E-state index contributed by atoms with van der Waals surface area (Å²) in [5.74, 6) is 1.82. The van der Waals surface area contributed by atoms with Gasteiger partial charge in [0.2, 0.25) is 0 Å². The van der Waals surface area contributed by atoms with Gasteiger partial charge in [-0.2, -0.15) is 0 Å². The van der Waals surface area contributed by atoms with Gasteiger partial charge in [-0.05, 0) is 19.4 Å². The number of nitrogens with one attached hydrogen (secondary N) is 2. The highest BCUT2D eigenvalue weighted by molar-refractivity contribution is 14.0. The Labute approximate surface area is 166 Å². The number of fused-ring (bicyclic) bond motifs is 1. The van der Waals surface area contributed by atoms with Crippen molar-refractivity contribution < 1.29 is 4.74 Å². The number of aliphatic imine (C=N–C) groups is 1. The number of hydrogen-bond donors (Lipinski definition) is 2. The third-order valence-electron chi connectivity index (χ3n) is 4.84. The van der Waals surface area contributed by atoms with Crippen LogP contribution in [0.15, 0.2) is 11.3 Å². The summed E-state index contributed by atoms with van der Waals surface area (Å²) in [7, 11) is 1.80. The van der Waals surface area contributed by atoms with Crippen LogP contribution in [0.5, 0.6) is 0 Å². The second kappa shape index (κ2) is 10.3. The maximum absolute atomic E-state index is 5.97. The van der Waals surface area contributed by atoms with Crippen molar-refractivity contribution in [3.05, 3.63) is 12.2 Å². The van der Waals surface area contributed by atoms with E-state index >= 15 is 0 Å². The molecule has 0 aromatic carbocycles. The Bertz CT molecular complexity index is 550. The molecule has 2 N–H and O–H groups in total. The molecule has 9 heteroatoms. The summed E-state index contributed by atoms with van der Waals surface area (Å²) in [6, 6.07) is 0.648. The van der Waals surface area contributed by atoms with Crippen molar-refractivity contribution in [2.45, 2.75) is 44.9 Å². The Morgan fingerprint density at radius 2 is 2.32 bits per heavy atom. The van der Waals surface area contributed by atoms with Crippen LogP contribution in [0.25, 0.3) is 0 Å². The van der Waals surface area contributed by atoms with Crippen LogP contribution in [0.1, 0.15) is 25.6 Å². The molecule has 0 spiro atoms. The molecule has 0 amide bonds. The molecule has 0 aliphatic carbocycles. The Morgan fingerprint density at radius 3 is 3.12 bits per heavy atom. The first-order valence-electron chi connectivity index (χ1n) is 8.97. The Hall–Kier alpha value is -0.940. The van der Waals surface area contributed by atoms with Gasteiger partial charge >= 0.3 is 0 Å². The van der Waals surface area contributed by atoms with Gasteiger partial charge in [0.1, 0.15) is 12.2 Å². The van der Waals surface area contributed by atoms with Crippen molar-refractivity contribution in [1.82, 2.24) is 30.3 Å². The third-order valence-corrected chi connectivity index (χ3v) is 4.84. The van der Waals surface area contributed by atoms with Gasteiger partial charge < -0.3 is 19.9 Å².